The molecule has 0 saturated carbocycles. The summed E-state index contributed by atoms with van der Waals surface area (Å²) in [4.78, 5) is 27.3. The van der Waals surface area contributed by atoms with Crippen molar-refractivity contribution in [1.29, 1.82) is 0 Å². The quantitative estimate of drug-likeness (QED) is 0.489. The van der Waals surface area contributed by atoms with Crippen molar-refractivity contribution < 1.29 is 4.79 Å². The molecule has 3 aromatic rings. The second kappa shape index (κ2) is 5.62. The second-order valence-electron chi connectivity index (χ2n) is 7.08. The van der Waals surface area contributed by atoms with E-state index in [1.807, 2.05) is 0 Å². The summed E-state index contributed by atoms with van der Waals surface area (Å²) in [6.07, 6.45) is 5.17. The van der Waals surface area contributed by atoms with Gasteiger partial charge in [0.15, 0.2) is 11.5 Å². The first-order valence-corrected chi connectivity index (χ1v) is 8.88. The molecule has 9 heteroatoms. The van der Waals surface area contributed by atoms with Crippen molar-refractivity contribution >= 4 is 46.3 Å². The summed E-state index contributed by atoms with van der Waals surface area (Å²) in [6, 6.07) is 0. The number of nitrogens with zero attached hydrogens (tertiary/aromatic N) is 6. The van der Waals surface area contributed by atoms with Crippen LogP contribution in [0.15, 0.2) is 18.6 Å². The molecule has 0 radical (unpaired) electrons. The topological polar surface area (TPSA) is 76.3 Å². The van der Waals surface area contributed by atoms with Gasteiger partial charge in [-0.3, -0.25) is 9.69 Å². The Hall–Kier alpha value is -2.25. The van der Waals surface area contributed by atoms with Crippen LogP contribution in [0, 0.1) is 0 Å². The maximum Gasteiger partial charge on any atom is 0.243 e. The predicted molar refractivity (Wildman–Crippen MR) is 99.3 cm³/mol. The van der Waals surface area contributed by atoms with Crippen molar-refractivity contribution in [2.24, 2.45) is 0 Å². The number of fused-ring (bicyclic) bond motifs is 2. The van der Waals surface area contributed by atoms with Gasteiger partial charge in [-0.05, 0) is 31.4 Å². The zero-order valence-electron chi connectivity index (χ0n) is 14.7. The van der Waals surface area contributed by atoms with Crippen molar-refractivity contribution in [2.75, 3.05) is 4.90 Å². The third-order valence-electron chi connectivity index (χ3n) is 4.64. The van der Waals surface area contributed by atoms with Crippen molar-refractivity contribution in [1.82, 2.24) is 24.6 Å². The molecule has 4 heterocycles. The minimum Gasteiger partial charge on any atom is -0.273 e. The number of hydrogen-bond donors (Lipinski definition) is 0. The van der Waals surface area contributed by atoms with Crippen LogP contribution in [0.5, 0.6) is 0 Å². The molecule has 1 amide bonds. The van der Waals surface area contributed by atoms with Crippen LogP contribution in [0.4, 0.5) is 11.5 Å². The third-order valence-corrected chi connectivity index (χ3v) is 5.09. The average Bonchev–Trinajstić information content (AvgIpc) is 3.04. The molecular weight excluding hydrogens is 375 g/mol. The largest absolute Gasteiger partial charge is 0.273 e. The number of aromatic nitrogens is 5. The molecule has 0 fully saturated rings. The Bertz CT molecular complexity index is 1060. The Morgan fingerprint density at radius 3 is 2.58 bits per heavy atom. The minimum absolute atomic E-state index is 0.0144. The fourth-order valence-corrected chi connectivity index (χ4v) is 3.83. The lowest BCUT2D eigenvalue weighted by molar-refractivity contribution is -0.121. The highest BCUT2D eigenvalue weighted by Gasteiger charge is 2.48. The first-order valence-electron chi connectivity index (χ1n) is 8.13. The highest BCUT2D eigenvalue weighted by Crippen LogP contribution is 2.47. The van der Waals surface area contributed by atoms with Gasteiger partial charge in [-0.1, -0.05) is 25.4 Å². The number of anilines is 2. The lowest BCUT2D eigenvalue weighted by atomic mass is 9.88. The smallest absolute Gasteiger partial charge is 0.243 e. The van der Waals surface area contributed by atoms with E-state index in [4.69, 9.17) is 23.2 Å². The zero-order chi connectivity index (χ0) is 18.8. The van der Waals surface area contributed by atoms with Gasteiger partial charge < -0.3 is 0 Å². The first kappa shape index (κ1) is 17.2. The number of carbonyl (C=O) groups is 1. The summed E-state index contributed by atoms with van der Waals surface area (Å²) in [6.45, 7) is 7.73. The van der Waals surface area contributed by atoms with E-state index in [0.717, 1.165) is 11.2 Å². The summed E-state index contributed by atoms with van der Waals surface area (Å²) in [5.41, 5.74) is 2.02. The normalized spacial score (nSPS) is 16.0. The predicted octanol–water partition coefficient (Wildman–Crippen LogP) is 3.91. The molecule has 1 aliphatic heterocycles. The molecule has 0 bridgehead atoms. The van der Waals surface area contributed by atoms with Crippen LogP contribution >= 0.6 is 23.2 Å². The molecule has 0 aliphatic carbocycles. The summed E-state index contributed by atoms with van der Waals surface area (Å²) >= 11 is 12.2. The minimum atomic E-state index is -0.876. The average molecular weight is 391 g/mol. The number of rotatable bonds is 2. The van der Waals surface area contributed by atoms with Crippen LogP contribution in [0.3, 0.4) is 0 Å². The van der Waals surface area contributed by atoms with Crippen LogP contribution in [0.25, 0.3) is 5.65 Å². The summed E-state index contributed by atoms with van der Waals surface area (Å²) in [5.74, 6) is 0.495. The van der Waals surface area contributed by atoms with E-state index >= 15 is 0 Å². The summed E-state index contributed by atoms with van der Waals surface area (Å²) in [5, 5.41) is 4.52. The Kier molecular flexibility index (Phi) is 3.71. The summed E-state index contributed by atoms with van der Waals surface area (Å²) in [7, 11) is 0. The number of carbonyl (C=O) groups excluding carboxylic acids is 1. The Balaban J connectivity index is 1.92. The van der Waals surface area contributed by atoms with Crippen molar-refractivity contribution in [3.8, 4) is 0 Å². The van der Waals surface area contributed by atoms with Gasteiger partial charge >= 0.3 is 0 Å². The van der Waals surface area contributed by atoms with Crippen LogP contribution in [0.2, 0.25) is 10.4 Å². The molecule has 26 heavy (non-hydrogen) atoms. The van der Waals surface area contributed by atoms with E-state index < -0.39 is 5.41 Å². The van der Waals surface area contributed by atoms with Gasteiger partial charge in [0.05, 0.1) is 29.7 Å². The standard InChI is InChI=1S/C17H16Cl2N6O/c1-8(2)10-6-21-24-7-9(5-20-13(10)24)25-14-11(17(3,4)15(25)26)12(18)22-16(19)23-14/h5-8H,1-4H3. The van der Waals surface area contributed by atoms with E-state index in [1.165, 1.54) is 4.90 Å². The monoisotopic (exact) mass is 390 g/mol. The van der Waals surface area contributed by atoms with E-state index in [1.54, 1.807) is 37.0 Å². The van der Waals surface area contributed by atoms with Gasteiger partial charge in [-0.25, -0.2) is 14.5 Å². The maximum atomic E-state index is 13.1. The van der Waals surface area contributed by atoms with Gasteiger partial charge in [-0.2, -0.15) is 10.1 Å². The van der Waals surface area contributed by atoms with E-state index in [-0.39, 0.29) is 16.3 Å². The van der Waals surface area contributed by atoms with E-state index in [2.05, 4.69) is 33.9 Å². The molecule has 0 aromatic carbocycles. The Labute approximate surface area is 160 Å². The van der Waals surface area contributed by atoms with Crippen LogP contribution in [-0.4, -0.2) is 30.5 Å². The van der Waals surface area contributed by atoms with Gasteiger partial charge in [-0.15, -0.1) is 0 Å². The molecule has 0 saturated heterocycles. The van der Waals surface area contributed by atoms with Gasteiger partial charge in [0.1, 0.15) is 5.15 Å². The molecule has 0 N–H and O–H groups in total. The SMILES string of the molecule is CC(C)c1cnn2cc(N3C(=O)C(C)(C)c4c(Cl)nc(Cl)nc43)cnc12. The molecule has 0 unspecified atom stereocenters. The van der Waals surface area contributed by atoms with Crippen molar-refractivity contribution in [2.45, 2.75) is 39.0 Å². The molecule has 3 aromatic heterocycles. The zero-order valence-corrected chi connectivity index (χ0v) is 16.2. The molecular formula is C17H16Cl2N6O. The molecule has 1 aliphatic rings. The first-order chi connectivity index (χ1) is 12.2. The van der Waals surface area contributed by atoms with Crippen molar-refractivity contribution in [3.63, 3.8) is 0 Å². The van der Waals surface area contributed by atoms with E-state index in [9.17, 15) is 4.79 Å². The highest BCUT2D eigenvalue weighted by atomic mass is 35.5. The Morgan fingerprint density at radius 2 is 1.88 bits per heavy atom. The van der Waals surface area contributed by atoms with E-state index in [0.29, 0.717) is 23.0 Å². The third kappa shape index (κ3) is 2.30. The van der Waals surface area contributed by atoms with Crippen LogP contribution in [-0.2, 0) is 10.2 Å². The molecule has 7 nitrogen and oxygen atoms in total. The number of amides is 1. The lowest BCUT2D eigenvalue weighted by Gasteiger charge is -2.19. The van der Waals surface area contributed by atoms with Gasteiger partial charge in [0.2, 0.25) is 11.2 Å². The lowest BCUT2D eigenvalue weighted by Crippen LogP contribution is -2.33. The highest BCUT2D eigenvalue weighted by molar-refractivity contribution is 6.34. The van der Waals surface area contributed by atoms with Gasteiger partial charge in [0, 0.05) is 11.1 Å². The van der Waals surface area contributed by atoms with Crippen LogP contribution < -0.4 is 4.90 Å². The molecule has 0 atom stereocenters. The van der Waals surface area contributed by atoms with Gasteiger partial charge in [0.25, 0.3) is 0 Å². The molecule has 4 rings (SSSR count). The Morgan fingerprint density at radius 1 is 1.15 bits per heavy atom. The second-order valence-corrected chi connectivity index (χ2v) is 7.78. The van der Waals surface area contributed by atoms with Crippen molar-refractivity contribution in [3.05, 3.63) is 40.2 Å². The molecule has 0 spiro atoms. The fraction of sp³-hybridized carbons (Fsp3) is 0.353. The van der Waals surface area contributed by atoms with Crippen LogP contribution in [0.1, 0.15) is 44.7 Å². The maximum absolute atomic E-state index is 13.1. The summed E-state index contributed by atoms with van der Waals surface area (Å²) < 4.78 is 1.66. The molecule has 134 valence electrons. The number of halogens is 2. The number of hydrogen-bond acceptors (Lipinski definition) is 5. The fourth-order valence-electron chi connectivity index (χ4n) is 3.22.